The minimum absolute atomic E-state index is 0.438. The van der Waals surface area contributed by atoms with E-state index in [-0.39, 0.29) is 0 Å². The van der Waals surface area contributed by atoms with E-state index in [9.17, 15) is 0 Å². The Bertz CT molecular complexity index is 312. The maximum Gasteiger partial charge on any atom is 0.258 e. The fourth-order valence-electron chi connectivity index (χ4n) is 0.817. The van der Waals surface area contributed by atoms with Gasteiger partial charge in [0.2, 0.25) is 0 Å². The fourth-order valence-corrected chi connectivity index (χ4v) is 0.817. The summed E-state index contributed by atoms with van der Waals surface area (Å²) in [4.78, 5) is 4.20. The van der Waals surface area contributed by atoms with Gasteiger partial charge in [-0.25, -0.2) is 0 Å². The first-order valence-corrected chi connectivity index (χ1v) is 4.46. The van der Waals surface area contributed by atoms with Crippen LogP contribution in [0.1, 0.15) is 39.4 Å². The molecule has 2 N–H and O–H groups in total. The van der Waals surface area contributed by atoms with Crippen LogP contribution in [0, 0.1) is 0 Å². The van der Waals surface area contributed by atoms with Gasteiger partial charge in [-0.05, 0) is 27.7 Å². The van der Waals surface area contributed by atoms with E-state index in [2.05, 4.69) is 10.1 Å². The van der Waals surface area contributed by atoms with E-state index in [1.54, 1.807) is 7.11 Å². The van der Waals surface area contributed by atoms with Gasteiger partial charge in [0, 0.05) is 7.11 Å². The van der Waals surface area contributed by atoms with Gasteiger partial charge in [-0.15, -0.1) is 0 Å². The largest absolute Gasteiger partial charge is 0.369 e. The highest BCUT2D eigenvalue weighted by molar-refractivity contribution is 5.02. The van der Waals surface area contributed by atoms with E-state index in [4.69, 9.17) is 15.0 Å². The summed E-state index contributed by atoms with van der Waals surface area (Å²) in [5.41, 5.74) is 4.66. The second-order valence-corrected chi connectivity index (χ2v) is 4.36. The molecule has 0 spiro atoms. The summed E-state index contributed by atoms with van der Waals surface area (Å²) in [6.07, 6.45) is 0. The number of ether oxygens (including phenoxy) is 1. The average Bonchev–Trinajstić information content (AvgIpc) is 2.51. The molecule has 5 nitrogen and oxygen atoms in total. The Balaban J connectivity index is 3.00. The summed E-state index contributed by atoms with van der Waals surface area (Å²) in [5, 5.41) is 3.81. The molecule has 1 aromatic heterocycles. The summed E-state index contributed by atoms with van der Waals surface area (Å²) in [5.74, 6) is 0.922. The second kappa shape index (κ2) is 3.33. The van der Waals surface area contributed by atoms with Crippen LogP contribution in [0.25, 0.3) is 0 Å². The number of aromatic nitrogens is 2. The molecule has 1 rings (SSSR count). The smallest absolute Gasteiger partial charge is 0.258 e. The number of nitrogens with zero attached hydrogens (tertiary/aromatic N) is 2. The molecule has 0 unspecified atom stereocenters. The predicted octanol–water partition coefficient (Wildman–Crippen LogP) is 1.14. The number of methoxy groups -OCH3 is 1. The minimum atomic E-state index is -0.592. The molecule has 0 saturated carbocycles. The highest BCUT2D eigenvalue weighted by atomic mass is 16.5. The van der Waals surface area contributed by atoms with Crippen LogP contribution in [0.3, 0.4) is 0 Å². The molecule has 5 heteroatoms. The van der Waals surface area contributed by atoms with Gasteiger partial charge in [0.25, 0.3) is 5.89 Å². The molecule has 0 saturated heterocycles. The van der Waals surface area contributed by atoms with Gasteiger partial charge in [-0.2, -0.15) is 4.98 Å². The van der Waals surface area contributed by atoms with Crippen LogP contribution in [0.2, 0.25) is 0 Å². The molecule has 14 heavy (non-hydrogen) atoms. The molecule has 0 radical (unpaired) electrons. The van der Waals surface area contributed by atoms with Gasteiger partial charge >= 0.3 is 0 Å². The van der Waals surface area contributed by atoms with Crippen molar-refractivity contribution in [2.75, 3.05) is 7.11 Å². The number of hydrogen-bond donors (Lipinski definition) is 1. The topological polar surface area (TPSA) is 74.2 Å². The third-order valence-electron chi connectivity index (χ3n) is 2.03. The third kappa shape index (κ3) is 2.10. The molecule has 1 aromatic rings. The van der Waals surface area contributed by atoms with Crippen molar-refractivity contribution in [2.24, 2.45) is 5.73 Å². The summed E-state index contributed by atoms with van der Waals surface area (Å²) >= 11 is 0. The average molecular weight is 199 g/mol. The molecule has 0 aliphatic heterocycles. The summed E-state index contributed by atoms with van der Waals surface area (Å²) in [7, 11) is 1.59. The summed E-state index contributed by atoms with van der Waals surface area (Å²) in [6, 6.07) is 0. The summed E-state index contributed by atoms with van der Waals surface area (Å²) in [6.45, 7) is 7.35. The van der Waals surface area contributed by atoms with Crippen LogP contribution >= 0.6 is 0 Å². The fraction of sp³-hybridized carbons (Fsp3) is 0.778. The first-order chi connectivity index (χ1) is 6.27. The lowest BCUT2D eigenvalue weighted by Crippen LogP contribution is -2.30. The van der Waals surface area contributed by atoms with E-state index in [1.165, 1.54) is 0 Å². The zero-order valence-electron chi connectivity index (χ0n) is 9.29. The van der Waals surface area contributed by atoms with Gasteiger partial charge in [-0.1, -0.05) is 5.16 Å². The highest BCUT2D eigenvalue weighted by Crippen LogP contribution is 2.23. The van der Waals surface area contributed by atoms with Gasteiger partial charge in [0.15, 0.2) is 5.82 Å². The van der Waals surface area contributed by atoms with Gasteiger partial charge in [-0.3, -0.25) is 0 Å². The highest BCUT2D eigenvalue weighted by Gasteiger charge is 2.30. The van der Waals surface area contributed by atoms with Crippen molar-refractivity contribution >= 4 is 0 Å². The maximum atomic E-state index is 5.83. The maximum absolute atomic E-state index is 5.83. The lowest BCUT2D eigenvalue weighted by atomic mass is 10.1. The Morgan fingerprint density at radius 3 is 2.21 bits per heavy atom. The molecule has 0 aromatic carbocycles. The van der Waals surface area contributed by atoms with Crippen molar-refractivity contribution in [3.63, 3.8) is 0 Å². The number of rotatable bonds is 3. The molecule has 0 atom stereocenters. The van der Waals surface area contributed by atoms with Gasteiger partial charge in [0.1, 0.15) is 5.60 Å². The number of hydrogen-bond acceptors (Lipinski definition) is 5. The van der Waals surface area contributed by atoms with Crippen molar-refractivity contribution in [2.45, 2.75) is 38.8 Å². The first-order valence-electron chi connectivity index (χ1n) is 4.46. The van der Waals surface area contributed by atoms with E-state index >= 15 is 0 Å². The van der Waals surface area contributed by atoms with Crippen molar-refractivity contribution < 1.29 is 9.26 Å². The van der Waals surface area contributed by atoms with Crippen molar-refractivity contribution in [1.29, 1.82) is 0 Å². The van der Waals surface area contributed by atoms with E-state index in [1.807, 2.05) is 27.7 Å². The Morgan fingerprint density at radius 1 is 1.29 bits per heavy atom. The standard InChI is InChI=1S/C9H17N3O2/c1-8(2,10)6-11-7(14-12-6)9(3,4)13-5/h10H2,1-5H3. The lowest BCUT2D eigenvalue weighted by Gasteiger charge is -2.17. The van der Waals surface area contributed by atoms with Crippen molar-refractivity contribution in [3.05, 3.63) is 11.7 Å². The molecular formula is C9H17N3O2. The molecule has 0 aliphatic carbocycles. The SMILES string of the molecule is COC(C)(C)c1nc(C(C)(C)N)no1. The first kappa shape index (κ1) is 11.1. The Labute approximate surface area is 83.6 Å². The quantitative estimate of drug-likeness (QED) is 0.790. The van der Waals surface area contributed by atoms with Crippen LogP contribution < -0.4 is 5.73 Å². The third-order valence-corrected chi connectivity index (χ3v) is 2.03. The van der Waals surface area contributed by atoms with Crippen LogP contribution in [-0.4, -0.2) is 17.3 Å². The van der Waals surface area contributed by atoms with Crippen LogP contribution in [-0.2, 0) is 15.9 Å². The Kier molecular flexibility index (Phi) is 2.65. The van der Waals surface area contributed by atoms with Crippen molar-refractivity contribution in [3.8, 4) is 0 Å². The van der Waals surface area contributed by atoms with Crippen LogP contribution in [0.4, 0.5) is 0 Å². The Morgan fingerprint density at radius 2 is 1.86 bits per heavy atom. The number of nitrogens with two attached hydrogens (primary N) is 1. The molecule has 0 fully saturated rings. The molecule has 0 amide bonds. The molecule has 80 valence electrons. The van der Waals surface area contributed by atoms with Crippen molar-refractivity contribution in [1.82, 2.24) is 10.1 Å². The Hall–Kier alpha value is -0.940. The van der Waals surface area contributed by atoms with Gasteiger partial charge < -0.3 is 15.0 Å². The molecule has 0 aliphatic rings. The molecular weight excluding hydrogens is 182 g/mol. The lowest BCUT2D eigenvalue weighted by molar-refractivity contribution is -0.00787. The predicted molar refractivity (Wildman–Crippen MR) is 51.5 cm³/mol. The van der Waals surface area contributed by atoms with E-state index in [0.717, 1.165) is 0 Å². The van der Waals surface area contributed by atoms with Crippen LogP contribution in [0.15, 0.2) is 4.52 Å². The second-order valence-electron chi connectivity index (χ2n) is 4.36. The van der Waals surface area contributed by atoms with Crippen LogP contribution in [0.5, 0.6) is 0 Å². The molecule has 1 heterocycles. The zero-order chi connectivity index (χ0) is 11.0. The minimum Gasteiger partial charge on any atom is -0.369 e. The zero-order valence-corrected chi connectivity index (χ0v) is 9.29. The monoisotopic (exact) mass is 199 g/mol. The summed E-state index contributed by atoms with van der Waals surface area (Å²) < 4.78 is 10.3. The normalized spacial score (nSPS) is 13.3. The van der Waals surface area contributed by atoms with E-state index < -0.39 is 11.1 Å². The van der Waals surface area contributed by atoms with Gasteiger partial charge in [0.05, 0.1) is 5.54 Å². The molecule has 0 bridgehead atoms. The van der Waals surface area contributed by atoms with E-state index in [0.29, 0.717) is 11.7 Å².